The van der Waals surface area contributed by atoms with Crippen LogP contribution < -0.4 is 10.5 Å². The fourth-order valence-corrected chi connectivity index (χ4v) is 2.48. The highest BCUT2D eigenvalue weighted by atomic mass is 32.1. The average Bonchev–Trinajstić information content (AvgIpc) is 2.93. The molecule has 0 unspecified atom stereocenters. The second-order valence-electron chi connectivity index (χ2n) is 4.37. The zero-order chi connectivity index (χ0) is 13.8. The van der Waals surface area contributed by atoms with Gasteiger partial charge in [0.2, 0.25) is 0 Å². The van der Waals surface area contributed by atoms with Gasteiger partial charge in [0.15, 0.2) is 5.13 Å². The molecule has 0 saturated carbocycles. The third-order valence-corrected chi connectivity index (χ3v) is 3.57. The normalized spacial score (nSPS) is 10.4. The Balaban J connectivity index is 1.75. The molecule has 1 aromatic heterocycles. The zero-order valence-electron chi connectivity index (χ0n) is 10.8. The maximum Gasteiger partial charge on any atom is 0.180 e. The molecular weight excluding hydrogens is 268 g/mol. The lowest BCUT2D eigenvalue weighted by atomic mass is 10.1. The lowest BCUT2D eigenvalue weighted by molar-refractivity contribution is 0.306. The molecule has 3 aromatic rings. The van der Waals surface area contributed by atoms with Gasteiger partial charge in [-0.2, -0.15) is 0 Å². The van der Waals surface area contributed by atoms with Crippen molar-refractivity contribution in [3.63, 3.8) is 0 Å². The Hall–Kier alpha value is -2.33. The summed E-state index contributed by atoms with van der Waals surface area (Å²) >= 11 is 1.44. The lowest BCUT2D eigenvalue weighted by Gasteiger charge is -2.07. The number of anilines is 1. The molecule has 0 aliphatic carbocycles. The number of hydrogen-bond donors (Lipinski definition) is 1. The van der Waals surface area contributed by atoms with Gasteiger partial charge < -0.3 is 10.5 Å². The first kappa shape index (κ1) is 12.7. The second-order valence-corrected chi connectivity index (χ2v) is 5.26. The monoisotopic (exact) mass is 282 g/mol. The summed E-state index contributed by atoms with van der Waals surface area (Å²) in [5, 5.41) is 2.53. The minimum atomic E-state index is 0.559. The van der Waals surface area contributed by atoms with Crippen molar-refractivity contribution in [2.24, 2.45) is 0 Å². The lowest BCUT2D eigenvalue weighted by Crippen LogP contribution is -1.95. The van der Waals surface area contributed by atoms with Crippen LogP contribution in [0.5, 0.6) is 5.75 Å². The Morgan fingerprint density at radius 1 is 1.05 bits per heavy atom. The zero-order valence-corrected chi connectivity index (χ0v) is 11.6. The van der Waals surface area contributed by atoms with Gasteiger partial charge in [0.05, 0.1) is 5.69 Å². The molecular formula is C16H14N2OS. The van der Waals surface area contributed by atoms with Gasteiger partial charge in [0, 0.05) is 10.9 Å². The van der Waals surface area contributed by atoms with Crippen molar-refractivity contribution < 1.29 is 4.74 Å². The molecule has 0 radical (unpaired) electrons. The maximum atomic E-state index is 5.81. The van der Waals surface area contributed by atoms with Crippen molar-refractivity contribution >= 4 is 16.5 Å². The fraction of sp³-hybridized carbons (Fsp3) is 0.0625. The van der Waals surface area contributed by atoms with Crippen molar-refractivity contribution in [2.75, 3.05) is 5.73 Å². The molecule has 3 rings (SSSR count). The minimum absolute atomic E-state index is 0.559. The minimum Gasteiger partial charge on any atom is -0.489 e. The molecule has 4 heteroatoms. The Morgan fingerprint density at radius 3 is 2.65 bits per heavy atom. The highest BCUT2D eigenvalue weighted by Gasteiger charge is 2.04. The molecule has 0 amide bonds. The molecule has 3 nitrogen and oxygen atoms in total. The molecule has 1 heterocycles. The van der Waals surface area contributed by atoms with E-state index in [0.717, 1.165) is 22.6 Å². The van der Waals surface area contributed by atoms with Crippen molar-refractivity contribution in [1.82, 2.24) is 4.98 Å². The van der Waals surface area contributed by atoms with Crippen LogP contribution in [0.2, 0.25) is 0 Å². The molecule has 0 atom stereocenters. The summed E-state index contributed by atoms with van der Waals surface area (Å²) in [4.78, 5) is 4.28. The van der Waals surface area contributed by atoms with Crippen LogP contribution in [0.3, 0.4) is 0 Å². The van der Waals surface area contributed by atoms with Crippen molar-refractivity contribution in [3.8, 4) is 17.0 Å². The van der Waals surface area contributed by atoms with Crippen molar-refractivity contribution in [2.45, 2.75) is 6.61 Å². The van der Waals surface area contributed by atoms with Crippen LogP contribution in [0.1, 0.15) is 5.56 Å². The molecule has 0 bridgehead atoms. The number of nitrogens with two attached hydrogens (primary N) is 1. The van der Waals surface area contributed by atoms with Crippen LogP contribution in [0.25, 0.3) is 11.3 Å². The van der Waals surface area contributed by atoms with Crippen LogP contribution in [0.15, 0.2) is 60.0 Å². The van der Waals surface area contributed by atoms with Gasteiger partial charge in [-0.15, -0.1) is 11.3 Å². The molecule has 2 N–H and O–H groups in total. The molecule has 20 heavy (non-hydrogen) atoms. The first-order valence-electron chi connectivity index (χ1n) is 6.29. The number of hydrogen-bond acceptors (Lipinski definition) is 4. The summed E-state index contributed by atoms with van der Waals surface area (Å²) in [6.07, 6.45) is 0. The Bertz CT molecular complexity index is 694. The summed E-state index contributed by atoms with van der Waals surface area (Å²) in [6, 6.07) is 18.0. The first-order chi connectivity index (χ1) is 9.81. The van der Waals surface area contributed by atoms with Crippen LogP contribution >= 0.6 is 11.3 Å². The molecule has 0 aliphatic rings. The molecule has 2 aromatic carbocycles. The van der Waals surface area contributed by atoms with E-state index < -0.39 is 0 Å². The molecule has 0 fully saturated rings. The van der Waals surface area contributed by atoms with Crippen LogP contribution in [0, 0.1) is 0 Å². The van der Waals surface area contributed by atoms with E-state index in [0.29, 0.717) is 11.7 Å². The fourth-order valence-electron chi connectivity index (χ4n) is 1.91. The van der Waals surface area contributed by atoms with Crippen LogP contribution in [0.4, 0.5) is 5.13 Å². The van der Waals surface area contributed by atoms with Gasteiger partial charge in [-0.25, -0.2) is 4.98 Å². The number of aromatic nitrogens is 1. The quantitative estimate of drug-likeness (QED) is 0.787. The van der Waals surface area contributed by atoms with E-state index in [4.69, 9.17) is 10.5 Å². The number of rotatable bonds is 4. The van der Waals surface area contributed by atoms with Gasteiger partial charge in [-0.3, -0.25) is 0 Å². The van der Waals surface area contributed by atoms with Crippen molar-refractivity contribution in [3.05, 3.63) is 65.5 Å². The van der Waals surface area contributed by atoms with E-state index in [1.165, 1.54) is 11.3 Å². The summed E-state index contributed by atoms with van der Waals surface area (Å²) < 4.78 is 5.81. The third kappa shape index (κ3) is 2.97. The maximum absolute atomic E-state index is 5.81. The molecule has 100 valence electrons. The number of ether oxygens (including phenoxy) is 1. The summed E-state index contributed by atoms with van der Waals surface area (Å²) in [5.41, 5.74) is 8.72. The number of benzene rings is 2. The van der Waals surface area contributed by atoms with E-state index in [1.54, 1.807) is 0 Å². The number of thiazole rings is 1. The predicted molar refractivity (Wildman–Crippen MR) is 82.7 cm³/mol. The first-order valence-corrected chi connectivity index (χ1v) is 7.17. The van der Waals surface area contributed by atoms with Gasteiger partial charge in [0.1, 0.15) is 12.4 Å². The van der Waals surface area contributed by atoms with Gasteiger partial charge in [0.25, 0.3) is 0 Å². The topological polar surface area (TPSA) is 48.1 Å². The van der Waals surface area contributed by atoms with E-state index >= 15 is 0 Å². The van der Waals surface area contributed by atoms with Gasteiger partial charge in [-0.05, 0) is 17.7 Å². The predicted octanol–water partition coefficient (Wildman–Crippen LogP) is 3.97. The highest BCUT2D eigenvalue weighted by molar-refractivity contribution is 7.13. The van der Waals surface area contributed by atoms with Crippen LogP contribution in [-0.4, -0.2) is 4.98 Å². The van der Waals surface area contributed by atoms with E-state index in [1.807, 2.05) is 60.0 Å². The Morgan fingerprint density at radius 2 is 1.90 bits per heavy atom. The SMILES string of the molecule is Nc1nc(-c2cccc(OCc3ccccc3)c2)cs1. The van der Waals surface area contributed by atoms with Crippen molar-refractivity contribution in [1.29, 1.82) is 0 Å². The van der Waals surface area contributed by atoms with E-state index in [2.05, 4.69) is 4.98 Å². The van der Waals surface area contributed by atoms with Gasteiger partial charge in [-0.1, -0.05) is 42.5 Å². The number of nitrogen functional groups attached to an aromatic ring is 1. The standard InChI is InChI=1S/C16H14N2OS/c17-16-18-15(11-20-16)13-7-4-8-14(9-13)19-10-12-5-2-1-3-6-12/h1-9,11H,10H2,(H2,17,18). The summed E-state index contributed by atoms with van der Waals surface area (Å²) in [6.45, 7) is 0.559. The third-order valence-electron chi connectivity index (χ3n) is 2.90. The van der Waals surface area contributed by atoms with E-state index in [9.17, 15) is 0 Å². The summed E-state index contributed by atoms with van der Waals surface area (Å²) in [7, 11) is 0. The van der Waals surface area contributed by atoms with Gasteiger partial charge >= 0.3 is 0 Å². The number of nitrogens with zero attached hydrogens (tertiary/aromatic N) is 1. The average molecular weight is 282 g/mol. The Kier molecular flexibility index (Phi) is 3.65. The summed E-state index contributed by atoms with van der Waals surface area (Å²) in [5.74, 6) is 0.831. The smallest absolute Gasteiger partial charge is 0.180 e. The Labute approximate surface area is 121 Å². The van der Waals surface area contributed by atoms with Crippen LogP contribution in [-0.2, 0) is 6.61 Å². The molecule has 0 saturated heterocycles. The molecule has 0 aliphatic heterocycles. The highest BCUT2D eigenvalue weighted by Crippen LogP contribution is 2.26. The largest absolute Gasteiger partial charge is 0.489 e. The molecule has 0 spiro atoms. The van der Waals surface area contributed by atoms with E-state index in [-0.39, 0.29) is 0 Å². The second kappa shape index (κ2) is 5.75.